The summed E-state index contributed by atoms with van der Waals surface area (Å²) in [5.74, 6) is -0.314. The number of amides is 2. The summed E-state index contributed by atoms with van der Waals surface area (Å²) in [6.07, 6.45) is -0.727. The Hall–Kier alpha value is -1.37. The molecule has 0 saturated carbocycles. The van der Waals surface area contributed by atoms with E-state index in [-0.39, 0.29) is 17.6 Å². The fraction of sp³-hybridized carbons (Fsp3) is 0.400. The summed E-state index contributed by atoms with van der Waals surface area (Å²) >= 11 is 4.71. The number of hydrogen-bond donors (Lipinski definition) is 2. The lowest BCUT2D eigenvalue weighted by Gasteiger charge is -2.13. The average Bonchev–Trinajstić information content (AvgIpc) is 2.35. The van der Waals surface area contributed by atoms with Crippen LogP contribution in [0.4, 0.5) is 4.79 Å². The molecule has 2 N–H and O–H groups in total. The number of methoxy groups -OCH3 is 1. The third kappa shape index (κ3) is 1.62. The Labute approximate surface area is 73.8 Å². The topological polar surface area (TPSA) is 70.7 Å². The van der Waals surface area contributed by atoms with E-state index < -0.39 is 6.09 Å². The normalized spacial score (nSPS) is 15.9. The zero-order valence-electron chi connectivity index (χ0n) is 6.29. The number of ether oxygens (including phenoxy) is 1. The smallest absolute Gasteiger partial charge is 0.426 e. The second-order valence-corrected chi connectivity index (χ2v) is 2.38. The van der Waals surface area contributed by atoms with Gasteiger partial charge < -0.3 is 10.1 Å². The van der Waals surface area contributed by atoms with Gasteiger partial charge in [0.1, 0.15) is 0 Å². The molecule has 7 heteroatoms. The number of nitrogens with zero attached hydrogens (tertiary/aromatic N) is 1. The van der Waals surface area contributed by atoms with Crippen molar-refractivity contribution in [3.05, 3.63) is 0 Å². The van der Waals surface area contributed by atoms with E-state index in [1.165, 1.54) is 7.11 Å². The minimum absolute atomic E-state index is 0.100. The molecule has 0 aromatic carbocycles. The maximum atomic E-state index is 10.9. The van der Waals surface area contributed by atoms with E-state index in [1.54, 1.807) is 0 Å². The molecular formula is C5H7N3O3S. The third-order valence-electron chi connectivity index (χ3n) is 1.23. The first kappa shape index (κ1) is 8.72. The Balaban J connectivity index is 2.56. The van der Waals surface area contributed by atoms with Gasteiger partial charge in [0.25, 0.3) is 5.91 Å². The standard InChI is InChI=1S/C5H7N3O3S/c1-11-5(10)7-8-3(9)2-6-4(8)12/h2H2,1H3,(H,6,12)(H,7,10). The predicted molar refractivity (Wildman–Crippen MR) is 43.0 cm³/mol. The van der Waals surface area contributed by atoms with E-state index in [0.717, 1.165) is 5.01 Å². The quantitative estimate of drug-likeness (QED) is 0.516. The van der Waals surface area contributed by atoms with Crippen LogP contribution in [0.5, 0.6) is 0 Å². The van der Waals surface area contributed by atoms with Crippen molar-refractivity contribution in [2.75, 3.05) is 13.7 Å². The van der Waals surface area contributed by atoms with Gasteiger partial charge in [0.15, 0.2) is 5.11 Å². The van der Waals surface area contributed by atoms with Crippen molar-refractivity contribution < 1.29 is 14.3 Å². The average molecular weight is 189 g/mol. The predicted octanol–water partition coefficient (Wildman–Crippen LogP) is -1.03. The van der Waals surface area contributed by atoms with Crippen molar-refractivity contribution >= 4 is 29.3 Å². The van der Waals surface area contributed by atoms with Crippen molar-refractivity contribution in [1.29, 1.82) is 0 Å². The maximum absolute atomic E-state index is 10.9. The summed E-state index contributed by atoms with van der Waals surface area (Å²) in [4.78, 5) is 21.6. The lowest BCUT2D eigenvalue weighted by Crippen LogP contribution is -2.46. The molecule has 0 atom stereocenters. The highest BCUT2D eigenvalue weighted by Gasteiger charge is 2.26. The van der Waals surface area contributed by atoms with Gasteiger partial charge in [-0.25, -0.2) is 10.2 Å². The molecule has 0 radical (unpaired) electrons. The summed E-state index contributed by atoms with van der Waals surface area (Å²) < 4.78 is 4.28. The van der Waals surface area contributed by atoms with E-state index in [9.17, 15) is 9.59 Å². The van der Waals surface area contributed by atoms with Crippen molar-refractivity contribution in [2.45, 2.75) is 0 Å². The number of carbonyl (C=O) groups is 2. The Morgan fingerprint density at radius 3 is 2.92 bits per heavy atom. The lowest BCUT2D eigenvalue weighted by molar-refractivity contribution is -0.126. The molecule has 1 rings (SSSR count). The molecule has 1 aliphatic heterocycles. The van der Waals surface area contributed by atoms with Crippen LogP contribution in [0.2, 0.25) is 0 Å². The second-order valence-electron chi connectivity index (χ2n) is 1.99. The van der Waals surface area contributed by atoms with E-state index >= 15 is 0 Å². The number of carbonyl (C=O) groups excluding carboxylic acids is 2. The molecular weight excluding hydrogens is 182 g/mol. The van der Waals surface area contributed by atoms with Gasteiger partial charge in [0.05, 0.1) is 13.7 Å². The fourth-order valence-electron chi connectivity index (χ4n) is 0.673. The van der Waals surface area contributed by atoms with E-state index in [0.29, 0.717) is 0 Å². The number of nitrogens with one attached hydrogen (secondary N) is 2. The van der Waals surface area contributed by atoms with Gasteiger partial charge in [-0.05, 0) is 12.2 Å². The monoisotopic (exact) mass is 189 g/mol. The Bertz CT molecular complexity index is 226. The van der Waals surface area contributed by atoms with Crippen LogP contribution in [0, 0.1) is 0 Å². The first-order chi connectivity index (χ1) is 5.65. The van der Waals surface area contributed by atoms with Crippen molar-refractivity contribution in [3.8, 4) is 0 Å². The van der Waals surface area contributed by atoms with Crippen LogP contribution in [0.15, 0.2) is 0 Å². The summed E-state index contributed by atoms with van der Waals surface area (Å²) in [6.45, 7) is 0.100. The highest BCUT2D eigenvalue weighted by Crippen LogP contribution is 1.94. The van der Waals surface area contributed by atoms with Gasteiger partial charge in [-0.2, -0.15) is 5.01 Å². The van der Waals surface area contributed by atoms with Crippen LogP contribution in [0.25, 0.3) is 0 Å². The summed E-state index contributed by atoms with van der Waals surface area (Å²) in [5.41, 5.74) is 2.15. The van der Waals surface area contributed by atoms with Crippen LogP contribution in [-0.2, 0) is 9.53 Å². The fourth-order valence-corrected chi connectivity index (χ4v) is 0.892. The molecule has 0 unspecified atom stereocenters. The third-order valence-corrected chi connectivity index (χ3v) is 1.56. The lowest BCUT2D eigenvalue weighted by atomic mass is 10.6. The summed E-state index contributed by atoms with van der Waals surface area (Å²) in [5, 5.41) is 3.69. The summed E-state index contributed by atoms with van der Waals surface area (Å²) in [7, 11) is 1.20. The van der Waals surface area contributed by atoms with Crippen LogP contribution >= 0.6 is 12.2 Å². The molecule has 1 fully saturated rings. The Morgan fingerprint density at radius 2 is 2.50 bits per heavy atom. The first-order valence-corrected chi connectivity index (χ1v) is 3.51. The molecule has 6 nitrogen and oxygen atoms in total. The molecule has 1 heterocycles. The van der Waals surface area contributed by atoms with Crippen LogP contribution in [0.1, 0.15) is 0 Å². The zero-order chi connectivity index (χ0) is 9.14. The van der Waals surface area contributed by atoms with Crippen LogP contribution in [-0.4, -0.2) is 35.8 Å². The highest BCUT2D eigenvalue weighted by molar-refractivity contribution is 7.80. The largest absolute Gasteiger partial charge is 0.452 e. The second kappa shape index (κ2) is 3.35. The number of hydrazine groups is 1. The Morgan fingerprint density at radius 1 is 1.83 bits per heavy atom. The minimum Gasteiger partial charge on any atom is -0.452 e. The molecule has 1 saturated heterocycles. The van der Waals surface area contributed by atoms with E-state index in [4.69, 9.17) is 12.2 Å². The van der Waals surface area contributed by atoms with Gasteiger partial charge in [0, 0.05) is 0 Å². The molecule has 2 amide bonds. The molecule has 0 spiro atoms. The molecule has 0 aromatic rings. The molecule has 0 aliphatic carbocycles. The SMILES string of the molecule is COC(=O)NN1C(=O)CNC1=S. The molecule has 66 valence electrons. The minimum atomic E-state index is -0.727. The van der Waals surface area contributed by atoms with Gasteiger partial charge in [-0.1, -0.05) is 0 Å². The number of hydrogen-bond acceptors (Lipinski definition) is 4. The zero-order valence-corrected chi connectivity index (χ0v) is 7.10. The molecule has 0 bridgehead atoms. The van der Waals surface area contributed by atoms with Crippen molar-refractivity contribution in [1.82, 2.24) is 15.8 Å². The maximum Gasteiger partial charge on any atom is 0.426 e. The van der Waals surface area contributed by atoms with Crippen LogP contribution in [0.3, 0.4) is 0 Å². The number of rotatable bonds is 1. The van der Waals surface area contributed by atoms with E-state index in [2.05, 4.69) is 15.5 Å². The van der Waals surface area contributed by atoms with Crippen molar-refractivity contribution in [3.63, 3.8) is 0 Å². The van der Waals surface area contributed by atoms with Gasteiger partial charge in [0.2, 0.25) is 0 Å². The first-order valence-electron chi connectivity index (χ1n) is 3.10. The molecule has 12 heavy (non-hydrogen) atoms. The van der Waals surface area contributed by atoms with Gasteiger partial charge in [-0.15, -0.1) is 0 Å². The highest BCUT2D eigenvalue weighted by atomic mass is 32.1. The van der Waals surface area contributed by atoms with E-state index in [1.807, 2.05) is 0 Å². The molecule has 1 aliphatic rings. The number of thiocarbonyl (C=S) groups is 1. The van der Waals surface area contributed by atoms with Gasteiger partial charge in [-0.3, -0.25) is 4.79 Å². The molecule has 0 aromatic heterocycles. The Kier molecular flexibility index (Phi) is 2.44. The van der Waals surface area contributed by atoms with Crippen molar-refractivity contribution in [2.24, 2.45) is 0 Å². The van der Waals surface area contributed by atoms with Gasteiger partial charge >= 0.3 is 6.09 Å². The van der Waals surface area contributed by atoms with Crippen LogP contribution < -0.4 is 10.7 Å². The summed E-state index contributed by atoms with van der Waals surface area (Å²) in [6, 6.07) is 0.